The minimum atomic E-state index is 0.0968. The molecule has 0 saturated heterocycles. The zero-order valence-electron chi connectivity index (χ0n) is 28.2. The molecule has 46 heavy (non-hydrogen) atoms. The number of benzene rings is 2. The molecule has 4 aromatic rings. The SMILES string of the molecule is CCCCCCCCCCSc1cccc2c(=O)c3c([nH]c12)Cc1c([nH]c2cccc(SCCCCCCCCCC)c2c1=O)C3. The molecule has 2 aromatic carbocycles. The lowest BCUT2D eigenvalue weighted by molar-refractivity contribution is 0.586. The predicted octanol–water partition coefficient (Wildman–Crippen LogP) is 11.3. The summed E-state index contributed by atoms with van der Waals surface area (Å²) in [5, 5.41) is 1.56. The van der Waals surface area contributed by atoms with E-state index in [-0.39, 0.29) is 10.9 Å². The molecule has 248 valence electrons. The van der Waals surface area contributed by atoms with E-state index in [9.17, 15) is 9.59 Å². The van der Waals surface area contributed by atoms with E-state index in [0.29, 0.717) is 12.8 Å². The van der Waals surface area contributed by atoms with Gasteiger partial charge in [-0.3, -0.25) is 9.59 Å². The van der Waals surface area contributed by atoms with Crippen LogP contribution in [0.15, 0.2) is 55.8 Å². The smallest absolute Gasteiger partial charge is 0.194 e. The second-order valence-corrected chi connectivity index (χ2v) is 15.5. The summed E-state index contributed by atoms with van der Waals surface area (Å²) >= 11 is 3.66. The highest BCUT2D eigenvalue weighted by Gasteiger charge is 2.25. The van der Waals surface area contributed by atoms with E-state index < -0.39 is 0 Å². The van der Waals surface area contributed by atoms with E-state index in [4.69, 9.17) is 0 Å². The predicted molar refractivity (Wildman–Crippen MR) is 201 cm³/mol. The van der Waals surface area contributed by atoms with Crippen molar-refractivity contribution in [2.24, 2.45) is 0 Å². The average Bonchev–Trinajstić information content (AvgIpc) is 3.07. The van der Waals surface area contributed by atoms with Crippen LogP contribution in [0.3, 0.4) is 0 Å². The van der Waals surface area contributed by atoms with Crippen LogP contribution in [0.2, 0.25) is 0 Å². The maximum atomic E-state index is 14.1. The van der Waals surface area contributed by atoms with Crippen molar-refractivity contribution in [3.05, 3.63) is 79.4 Å². The Morgan fingerprint density at radius 2 is 1.07 bits per heavy atom. The van der Waals surface area contributed by atoms with Crippen molar-refractivity contribution in [2.75, 3.05) is 11.5 Å². The van der Waals surface area contributed by atoms with Crippen molar-refractivity contribution in [3.63, 3.8) is 0 Å². The van der Waals surface area contributed by atoms with Gasteiger partial charge in [0.2, 0.25) is 0 Å². The Labute approximate surface area is 284 Å². The van der Waals surface area contributed by atoms with Crippen molar-refractivity contribution in [1.82, 2.24) is 9.97 Å². The van der Waals surface area contributed by atoms with E-state index in [1.54, 1.807) is 0 Å². The molecule has 6 heteroatoms. The first-order chi connectivity index (χ1) is 22.6. The summed E-state index contributed by atoms with van der Waals surface area (Å²) in [5.74, 6) is 2.09. The molecule has 0 radical (unpaired) electrons. The molecule has 1 aliphatic rings. The number of rotatable bonds is 20. The first-order valence-corrected chi connectivity index (χ1v) is 20.2. The third kappa shape index (κ3) is 8.92. The lowest BCUT2D eigenvalue weighted by Crippen LogP contribution is -2.26. The summed E-state index contributed by atoms with van der Waals surface area (Å²) in [4.78, 5) is 37.3. The highest BCUT2D eigenvalue weighted by atomic mass is 32.2. The number of para-hydroxylation sites is 1. The second-order valence-electron chi connectivity index (χ2n) is 13.2. The molecule has 5 rings (SSSR count). The Morgan fingerprint density at radius 1 is 0.565 bits per heavy atom. The highest BCUT2D eigenvalue weighted by Crippen LogP contribution is 2.32. The molecule has 0 aliphatic heterocycles. The maximum absolute atomic E-state index is 14.1. The Kier molecular flexibility index (Phi) is 13.8. The van der Waals surface area contributed by atoms with Gasteiger partial charge in [0.05, 0.1) is 16.4 Å². The third-order valence-corrected chi connectivity index (χ3v) is 11.9. The van der Waals surface area contributed by atoms with Crippen molar-refractivity contribution >= 4 is 45.3 Å². The molecule has 0 saturated carbocycles. The second kappa shape index (κ2) is 18.2. The van der Waals surface area contributed by atoms with Crippen LogP contribution in [0.4, 0.5) is 0 Å². The van der Waals surface area contributed by atoms with E-state index in [1.807, 2.05) is 47.8 Å². The zero-order valence-corrected chi connectivity index (χ0v) is 29.9. The minimum absolute atomic E-state index is 0.0968. The molecule has 0 spiro atoms. The number of hydrogen-bond donors (Lipinski definition) is 2. The lowest BCUT2D eigenvalue weighted by Gasteiger charge is -2.21. The van der Waals surface area contributed by atoms with Gasteiger partial charge in [0.1, 0.15) is 0 Å². The number of nitrogens with one attached hydrogen (secondary N) is 2. The van der Waals surface area contributed by atoms with Gasteiger partial charge in [0.25, 0.3) is 0 Å². The molecule has 0 atom stereocenters. The highest BCUT2D eigenvalue weighted by molar-refractivity contribution is 7.99. The van der Waals surface area contributed by atoms with Crippen LogP contribution in [0.25, 0.3) is 21.8 Å². The zero-order chi connectivity index (χ0) is 32.1. The molecule has 2 aromatic heterocycles. The van der Waals surface area contributed by atoms with Crippen LogP contribution < -0.4 is 10.9 Å². The van der Waals surface area contributed by atoms with Crippen LogP contribution in [-0.4, -0.2) is 21.5 Å². The molecular weight excluding hydrogens is 605 g/mol. The first-order valence-electron chi connectivity index (χ1n) is 18.2. The van der Waals surface area contributed by atoms with Gasteiger partial charge in [-0.15, -0.1) is 23.5 Å². The van der Waals surface area contributed by atoms with Crippen LogP contribution in [-0.2, 0) is 12.8 Å². The van der Waals surface area contributed by atoms with Crippen molar-refractivity contribution in [1.29, 1.82) is 0 Å². The van der Waals surface area contributed by atoms with Gasteiger partial charge >= 0.3 is 0 Å². The first kappa shape index (κ1) is 34.9. The summed E-state index contributed by atoms with van der Waals surface area (Å²) in [5.41, 5.74) is 5.41. The normalized spacial score (nSPS) is 12.6. The molecule has 0 amide bonds. The van der Waals surface area contributed by atoms with Crippen LogP contribution in [0, 0.1) is 0 Å². The van der Waals surface area contributed by atoms with Crippen LogP contribution in [0.5, 0.6) is 0 Å². The van der Waals surface area contributed by atoms with Crippen molar-refractivity contribution < 1.29 is 0 Å². The molecule has 0 fully saturated rings. The van der Waals surface area contributed by atoms with E-state index in [1.165, 1.54) is 103 Å². The molecule has 2 heterocycles. The number of thioether (sulfide) groups is 2. The number of unbranched alkanes of at least 4 members (excludes halogenated alkanes) is 14. The number of hydrogen-bond acceptors (Lipinski definition) is 4. The Morgan fingerprint density at radius 3 is 1.70 bits per heavy atom. The standard InChI is InChI=1S/C40H54N2O2S2/c1-3-5-7-9-11-13-15-17-25-45-35-23-20-22-32-37(35)40(44)31-28-34-30(27-33(31)41-32)39(43)29-21-19-24-36(38(29)42-34)46-26-18-16-14-12-10-8-6-4-2/h19-24H,3-18,25-28H2,1-2H3,(H,41,44)(H,42,43). The maximum Gasteiger partial charge on any atom is 0.194 e. The van der Waals surface area contributed by atoms with Gasteiger partial charge in [-0.05, 0) is 48.6 Å². The largest absolute Gasteiger partial charge is 0.358 e. The minimum Gasteiger partial charge on any atom is -0.358 e. The average molecular weight is 659 g/mol. The van der Waals surface area contributed by atoms with Gasteiger partial charge in [0, 0.05) is 50.5 Å². The van der Waals surface area contributed by atoms with Gasteiger partial charge in [-0.25, -0.2) is 0 Å². The summed E-state index contributed by atoms with van der Waals surface area (Å²) in [6.45, 7) is 4.53. The van der Waals surface area contributed by atoms with Gasteiger partial charge in [-0.2, -0.15) is 0 Å². The van der Waals surface area contributed by atoms with Crippen molar-refractivity contribution in [2.45, 2.75) is 139 Å². The Balaban J connectivity index is 1.26. The quantitative estimate of drug-likeness (QED) is 0.0645. The summed E-state index contributed by atoms with van der Waals surface area (Å²) in [6, 6.07) is 12.2. The molecule has 4 nitrogen and oxygen atoms in total. The van der Waals surface area contributed by atoms with Crippen molar-refractivity contribution in [3.8, 4) is 0 Å². The fourth-order valence-corrected chi connectivity index (χ4v) is 9.02. The fraction of sp³-hybridized carbons (Fsp3) is 0.550. The molecule has 0 bridgehead atoms. The summed E-state index contributed by atoms with van der Waals surface area (Å²) in [7, 11) is 0. The Hall–Kier alpha value is -2.44. The topological polar surface area (TPSA) is 65.7 Å². The molecule has 0 unspecified atom stereocenters. The monoisotopic (exact) mass is 658 g/mol. The van der Waals surface area contributed by atoms with Crippen LogP contribution >= 0.6 is 23.5 Å². The summed E-state index contributed by atoms with van der Waals surface area (Å²) in [6.07, 6.45) is 21.9. The van der Waals surface area contributed by atoms with Gasteiger partial charge in [-0.1, -0.05) is 116 Å². The molecular formula is C40H54N2O2S2. The molecule has 2 N–H and O–H groups in total. The molecule has 1 aliphatic carbocycles. The van der Waals surface area contributed by atoms with Gasteiger partial charge < -0.3 is 9.97 Å². The number of pyridine rings is 2. The van der Waals surface area contributed by atoms with E-state index in [0.717, 1.165) is 65.6 Å². The number of aromatic amines is 2. The number of aromatic nitrogens is 2. The number of fused-ring (bicyclic) bond motifs is 4. The third-order valence-electron chi connectivity index (χ3n) is 9.58. The fourth-order valence-electron chi connectivity index (χ4n) is 6.88. The van der Waals surface area contributed by atoms with Crippen LogP contribution in [0.1, 0.15) is 139 Å². The Bertz CT molecular complexity index is 1690. The summed E-state index contributed by atoms with van der Waals surface area (Å²) < 4.78 is 0. The van der Waals surface area contributed by atoms with E-state index in [2.05, 4.69) is 35.9 Å². The lowest BCUT2D eigenvalue weighted by atomic mass is 9.90. The number of H-pyrrole nitrogens is 2. The van der Waals surface area contributed by atoms with E-state index >= 15 is 0 Å². The van der Waals surface area contributed by atoms with Gasteiger partial charge in [0.15, 0.2) is 10.9 Å².